The van der Waals surface area contributed by atoms with Crippen molar-refractivity contribution in [3.63, 3.8) is 0 Å². The molecule has 1 fully saturated rings. The minimum Gasteiger partial charge on any atom is -0.497 e. The van der Waals surface area contributed by atoms with Gasteiger partial charge in [-0.2, -0.15) is 0 Å². The molecule has 0 aliphatic carbocycles. The molecule has 0 atom stereocenters. The lowest BCUT2D eigenvalue weighted by Gasteiger charge is -2.36. The van der Waals surface area contributed by atoms with Crippen LogP contribution >= 0.6 is 0 Å². The van der Waals surface area contributed by atoms with Crippen molar-refractivity contribution in [3.8, 4) is 5.75 Å². The Morgan fingerprint density at radius 3 is 2.26 bits per heavy atom. The van der Waals surface area contributed by atoms with E-state index in [1.165, 1.54) is 11.0 Å². The van der Waals surface area contributed by atoms with Crippen LogP contribution in [0.3, 0.4) is 0 Å². The van der Waals surface area contributed by atoms with E-state index in [4.69, 9.17) is 4.74 Å². The van der Waals surface area contributed by atoms with E-state index in [1.807, 2.05) is 42.5 Å². The largest absolute Gasteiger partial charge is 0.497 e. The first-order valence-corrected chi connectivity index (χ1v) is 11.4. The van der Waals surface area contributed by atoms with Gasteiger partial charge in [0.1, 0.15) is 11.6 Å². The number of fused-ring (bicyclic) bond motifs is 1. The summed E-state index contributed by atoms with van der Waals surface area (Å²) < 4.78 is 18.7. The summed E-state index contributed by atoms with van der Waals surface area (Å²) in [6.45, 7) is 3.94. The van der Waals surface area contributed by atoms with Crippen molar-refractivity contribution in [1.29, 1.82) is 0 Å². The molecule has 5 rings (SSSR count). The quantitative estimate of drug-likeness (QED) is 0.523. The van der Waals surface area contributed by atoms with Gasteiger partial charge in [-0.1, -0.05) is 30.3 Å². The van der Waals surface area contributed by atoms with Crippen LogP contribution in [0.15, 0.2) is 66.7 Å². The third-order valence-electron chi connectivity index (χ3n) is 6.48. The summed E-state index contributed by atoms with van der Waals surface area (Å²) in [6.07, 6.45) is 0. The fourth-order valence-corrected chi connectivity index (χ4v) is 4.68. The number of piperazine rings is 1. The predicted octanol–water partition coefficient (Wildman–Crippen LogP) is 3.95. The van der Waals surface area contributed by atoms with Gasteiger partial charge in [-0.25, -0.2) is 4.39 Å². The van der Waals surface area contributed by atoms with Gasteiger partial charge in [-0.15, -0.1) is 0 Å². The second kappa shape index (κ2) is 9.27. The molecule has 2 heterocycles. The van der Waals surface area contributed by atoms with Crippen molar-refractivity contribution < 1.29 is 18.7 Å². The number of ether oxygens (including phenoxy) is 1. The predicted molar refractivity (Wildman–Crippen MR) is 128 cm³/mol. The Balaban J connectivity index is 1.30. The number of anilines is 1. The molecule has 7 heteroatoms. The molecule has 0 N–H and O–H groups in total. The Kier molecular flexibility index (Phi) is 6.02. The Morgan fingerprint density at radius 2 is 1.56 bits per heavy atom. The van der Waals surface area contributed by atoms with E-state index in [1.54, 1.807) is 25.3 Å². The molecule has 34 heavy (non-hydrogen) atoms. The van der Waals surface area contributed by atoms with Crippen LogP contribution in [0.2, 0.25) is 0 Å². The van der Waals surface area contributed by atoms with Crippen LogP contribution in [0.25, 0.3) is 0 Å². The molecule has 3 aromatic rings. The maximum atomic E-state index is 13.5. The molecule has 0 saturated carbocycles. The van der Waals surface area contributed by atoms with Gasteiger partial charge in [0.2, 0.25) is 0 Å². The van der Waals surface area contributed by atoms with Gasteiger partial charge in [0.05, 0.1) is 30.5 Å². The summed E-state index contributed by atoms with van der Waals surface area (Å²) in [5.74, 6) is -0.0145. The van der Waals surface area contributed by atoms with Crippen LogP contribution in [0.5, 0.6) is 5.75 Å². The highest BCUT2D eigenvalue weighted by Gasteiger charge is 2.38. The van der Waals surface area contributed by atoms with E-state index >= 15 is 0 Å². The van der Waals surface area contributed by atoms with Gasteiger partial charge in [-0.05, 0) is 47.5 Å². The number of hydrogen-bond acceptors (Lipinski definition) is 5. The second-order valence-corrected chi connectivity index (χ2v) is 8.64. The third kappa shape index (κ3) is 4.26. The second-order valence-electron chi connectivity index (χ2n) is 8.64. The number of amides is 2. The number of rotatable bonds is 6. The summed E-state index contributed by atoms with van der Waals surface area (Å²) in [5, 5.41) is 0. The lowest BCUT2D eigenvalue weighted by molar-refractivity contribution is 0.0642. The van der Waals surface area contributed by atoms with Gasteiger partial charge < -0.3 is 9.64 Å². The van der Waals surface area contributed by atoms with Gasteiger partial charge in [0.25, 0.3) is 11.8 Å². The number of hydrogen-bond donors (Lipinski definition) is 0. The average molecular weight is 460 g/mol. The van der Waals surface area contributed by atoms with E-state index < -0.39 is 0 Å². The molecule has 0 radical (unpaired) electrons. The van der Waals surface area contributed by atoms with Gasteiger partial charge in [-0.3, -0.25) is 19.4 Å². The number of nitrogens with zero attached hydrogens (tertiary/aromatic N) is 3. The molecule has 0 unspecified atom stereocenters. The van der Waals surface area contributed by atoms with E-state index in [0.717, 1.165) is 48.7 Å². The van der Waals surface area contributed by atoms with E-state index in [-0.39, 0.29) is 24.2 Å². The monoisotopic (exact) mass is 459 g/mol. The first kappa shape index (κ1) is 22.1. The standard InChI is InChI=1S/C27H26FN3O3/c1-34-22-10-8-19(9-11-22)18-31-26(32)23-6-3-7-24(25(23)27(31)33)30-14-12-29(13-15-30)17-20-4-2-5-21(28)16-20/h2-11,16H,12-15,17-18H2,1H3. The number of methoxy groups -OCH3 is 1. The third-order valence-corrected chi connectivity index (χ3v) is 6.48. The number of carbonyl (C=O) groups excluding carboxylic acids is 2. The Labute approximate surface area is 198 Å². The Morgan fingerprint density at radius 1 is 0.824 bits per heavy atom. The summed E-state index contributed by atoms with van der Waals surface area (Å²) in [7, 11) is 1.60. The zero-order chi connectivity index (χ0) is 23.7. The smallest absolute Gasteiger partial charge is 0.263 e. The molecule has 0 bridgehead atoms. The molecule has 174 valence electrons. The number of imide groups is 1. The first-order valence-electron chi connectivity index (χ1n) is 11.4. The van der Waals surface area contributed by atoms with E-state index in [2.05, 4.69) is 9.80 Å². The SMILES string of the molecule is COc1ccc(CN2C(=O)c3cccc(N4CCN(Cc5cccc(F)c5)CC4)c3C2=O)cc1. The molecule has 2 aliphatic heterocycles. The van der Waals surface area contributed by atoms with Gasteiger partial charge in [0.15, 0.2) is 0 Å². The molecule has 2 amide bonds. The summed E-state index contributed by atoms with van der Waals surface area (Å²) in [5.41, 5.74) is 3.56. The zero-order valence-electron chi connectivity index (χ0n) is 19.0. The number of carbonyl (C=O) groups is 2. The van der Waals surface area contributed by atoms with Crippen molar-refractivity contribution in [2.75, 3.05) is 38.2 Å². The van der Waals surface area contributed by atoms with Crippen LogP contribution in [0, 0.1) is 5.82 Å². The highest BCUT2D eigenvalue weighted by Crippen LogP contribution is 2.33. The summed E-state index contributed by atoms with van der Waals surface area (Å²) in [4.78, 5) is 32.2. The lowest BCUT2D eigenvalue weighted by Crippen LogP contribution is -2.46. The molecule has 6 nitrogen and oxygen atoms in total. The van der Waals surface area contributed by atoms with Crippen molar-refractivity contribution in [2.45, 2.75) is 13.1 Å². The summed E-state index contributed by atoms with van der Waals surface area (Å²) >= 11 is 0. The first-order chi connectivity index (χ1) is 16.5. The Hall–Kier alpha value is -3.71. The molecule has 1 saturated heterocycles. The van der Waals surface area contributed by atoms with Gasteiger partial charge >= 0.3 is 0 Å². The number of benzene rings is 3. The fourth-order valence-electron chi connectivity index (χ4n) is 4.68. The van der Waals surface area contributed by atoms with Gasteiger partial charge in [0, 0.05) is 32.7 Å². The highest BCUT2D eigenvalue weighted by atomic mass is 19.1. The van der Waals surface area contributed by atoms with E-state index in [9.17, 15) is 14.0 Å². The highest BCUT2D eigenvalue weighted by molar-refractivity contribution is 6.23. The van der Waals surface area contributed by atoms with Crippen LogP contribution in [-0.4, -0.2) is 54.9 Å². The molecule has 3 aromatic carbocycles. The lowest BCUT2D eigenvalue weighted by atomic mass is 10.1. The zero-order valence-corrected chi connectivity index (χ0v) is 19.0. The fraction of sp³-hybridized carbons (Fsp3) is 0.259. The van der Waals surface area contributed by atoms with E-state index in [0.29, 0.717) is 17.7 Å². The average Bonchev–Trinajstić information content (AvgIpc) is 3.10. The van der Waals surface area contributed by atoms with Crippen molar-refractivity contribution in [2.24, 2.45) is 0 Å². The number of halogens is 1. The van der Waals surface area contributed by atoms with Crippen LogP contribution < -0.4 is 9.64 Å². The maximum Gasteiger partial charge on any atom is 0.263 e. The molecule has 0 aromatic heterocycles. The van der Waals surface area contributed by atoms with Crippen LogP contribution in [0.1, 0.15) is 31.8 Å². The minimum absolute atomic E-state index is 0.219. The van der Waals surface area contributed by atoms with Crippen LogP contribution in [-0.2, 0) is 13.1 Å². The van der Waals surface area contributed by atoms with Crippen molar-refractivity contribution in [3.05, 3.63) is 94.8 Å². The molecule has 2 aliphatic rings. The summed E-state index contributed by atoms with van der Waals surface area (Å²) in [6, 6.07) is 19.5. The molecular weight excluding hydrogens is 433 g/mol. The minimum atomic E-state index is -0.262. The maximum absolute atomic E-state index is 13.5. The van der Waals surface area contributed by atoms with Crippen molar-refractivity contribution >= 4 is 17.5 Å². The molecular formula is C27H26FN3O3. The topological polar surface area (TPSA) is 53.1 Å². The molecule has 0 spiro atoms. The van der Waals surface area contributed by atoms with Crippen LogP contribution in [0.4, 0.5) is 10.1 Å². The Bertz CT molecular complexity index is 1220. The normalized spacial score (nSPS) is 16.2. The van der Waals surface area contributed by atoms with Crippen molar-refractivity contribution in [1.82, 2.24) is 9.80 Å².